The number of ether oxygens (including phenoxy) is 1. The second-order valence-corrected chi connectivity index (χ2v) is 3.47. The van der Waals surface area contributed by atoms with E-state index in [9.17, 15) is 0 Å². The quantitative estimate of drug-likeness (QED) is 0.799. The van der Waals surface area contributed by atoms with E-state index in [0.29, 0.717) is 11.7 Å². The van der Waals surface area contributed by atoms with Gasteiger partial charge in [0, 0.05) is 0 Å². The van der Waals surface area contributed by atoms with Crippen molar-refractivity contribution in [1.82, 2.24) is 15.0 Å². The molecule has 2 rings (SSSR count). The summed E-state index contributed by atoms with van der Waals surface area (Å²) in [6.45, 7) is 0.656. The lowest BCUT2D eigenvalue weighted by atomic mass is 10.2. The van der Waals surface area contributed by atoms with Crippen molar-refractivity contribution in [3.63, 3.8) is 0 Å². The van der Waals surface area contributed by atoms with Crippen molar-refractivity contribution >= 4 is 11.6 Å². The fourth-order valence-electron chi connectivity index (χ4n) is 1.27. The molecule has 1 aromatic carbocycles. The Kier molecular flexibility index (Phi) is 2.87. The van der Waals surface area contributed by atoms with Gasteiger partial charge in [-0.1, -0.05) is 28.9 Å². The summed E-state index contributed by atoms with van der Waals surface area (Å²) in [6, 6.07) is 7.78. The van der Waals surface area contributed by atoms with Crippen LogP contribution in [0.25, 0.3) is 0 Å². The third-order valence-corrected chi connectivity index (χ3v) is 2.19. The Labute approximate surface area is 92.4 Å². The molecule has 2 aromatic rings. The Morgan fingerprint density at radius 3 is 2.60 bits per heavy atom. The largest absolute Gasteiger partial charge is 0.497 e. The van der Waals surface area contributed by atoms with Crippen molar-refractivity contribution in [2.75, 3.05) is 7.11 Å². The van der Waals surface area contributed by atoms with E-state index < -0.39 is 0 Å². The molecule has 0 fully saturated rings. The van der Waals surface area contributed by atoms with Gasteiger partial charge in [0.1, 0.15) is 5.75 Å². The molecule has 0 amide bonds. The molecule has 0 atom stereocenters. The minimum atomic E-state index is 0.406. The van der Waals surface area contributed by atoms with E-state index in [2.05, 4.69) is 10.3 Å². The van der Waals surface area contributed by atoms with E-state index in [4.69, 9.17) is 16.3 Å². The van der Waals surface area contributed by atoms with Crippen LogP contribution in [0.2, 0.25) is 5.15 Å². The standard InChI is InChI=1S/C10H10ClN3O/c1-15-9-4-2-8(3-5-9)6-14-7-10(11)12-13-14/h2-5,7H,6H2,1H3. The molecule has 0 aliphatic carbocycles. The number of aromatic nitrogens is 3. The zero-order valence-electron chi connectivity index (χ0n) is 8.22. The molecule has 1 heterocycles. The molecule has 0 saturated heterocycles. The second-order valence-electron chi connectivity index (χ2n) is 3.09. The fraction of sp³-hybridized carbons (Fsp3) is 0.200. The number of hydrogen-bond donors (Lipinski definition) is 0. The molecule has 0 saturated carbocycles. The molecule has 1 aromatic heterocycles. The molecule has 78 valence electrons. The fourth-order valence-corrected chi connectivity index (χ4v) is 1.42. The lowest BCUT2D eigenvalue weighted by molar-refractivity contribution is 0.414. The Hall–Kier alpha value is -1.55. The summed E-state index contributed by atoms with van der Waals surface area (Å²) < 4.78 is 6.75. The highest BCUT2D eigenvalue weighted by Gasteiger charge is 1.99. The normalized spacial score (nSPS) is 10.3. The number of rotatable bonds is 3. The summed E-state index contributed by atoms with van der Waals surface area (Å²) in [4.78, 5) is 0. The first-order valence-corrected chi connectivity index (χ1v) is 4.84. The number of hydrogen-bond acceptors (Lipinski definition) is 3. The third-order valence-electron chi connectivity index (χ3n) is 2.01. The molecule has 0 radical (unpaired) electrons. The van der Waals surface area contributed by atoms with Crippen molar-refractivity contribution in [2.24, 2.45) is 0 Å². The van der Waals surface area contributed by atoms with E-state index >= 15 is 0 Å². The van der Waals surface area contributed by atoms with Gasteiger partial charge >= 0.3 is 0 Å². The molecule has 0 aliphatic rings. The van der Waals surface area contributed by atoms with E-state index in [1.165, 1.54) is 0 Å². The van der Waals surface area contributed by atoms with Gasteiger partial charge in [0.25, 0.3) is 0 Å². The minimum Gasteiger partial charge on any atom is -0.497 e. The van der Waals surface area contributed by atoms with Gasteiger partial charge in [-0.15, -0.1) is 5.10 Å². The smallest absolute Gasteiger partial charge is 0.171 e. The molecular weight excluding hydrogens is 214 g/mol. The second kappa shape index (κ2) is 4.31. The minimum absolute atomic E-state index is 0.406. The maximum atomic E-state index is 5.66. The Morgan fingerprint density at radius 2 is 2.07 bits per heavy atom. The van der Waals surface area contributed by atoms with Crippen molar-refractivity contribution < 1.29 is 4.74 Å². The third kappa shape index (κ3) is 2.47. The van der Waals surface area contributed by atoms with Crippen LogP contribution in [0.1, 0.15) is 5.56 Å². The molecular formula is C10H10ClN3O. The van der Waals surface area contributed by atoms with E-state index in [-0.39, 0.29) is 0 Å². The van der Waals surface area contributed by atoms with Gasteiger partial charge in [0.2, 0.25) is 0 Å². The number of methoxy groups -OCH3 is 1. The van der Waals surface area contributed by atoms with Crippen LogP contribution in [0.4, 0.5) is 0 Å². The van der Waals surface area contributed by atoms with E-state index in [1.807, 2.05) is 24.3 Å². The zero-order chi connectivity index (χ0) is 10.7. The molecule has 0 unspecified atom stereocenters. The lowest BCUT2D eigenvalue weighted by Gasteiger charge is -2.02. The van der Waals surface area contributed by atoms with E-state index in [1.54, 1.807) is 18.0 Å². The molecule has 0 N–H and O–H groups in total. The molecule has 5 heteroatoms. The summed E-state index contributed by atoms with van der Waals surface area (Å²) in [5.74, 6) is 0.843. The van der Waals surface area contributed by atoms with Gasteiger partial charge < -0.3 is 4.74 Å². The maximum absolute atomic E-state index is 5.66. The Bertz CT molecular complexity index is 438. The van der Waals surface area contributed by atoms with Crippen molar-refractivity contribution in [3.8, 4) is 5.75 Å². The van der Waals surface area contributed by atoms with Gasteiger partial charge in [0.05, 0.1) is 19.9 Å². The first-order chi connectivity index (χ1) is 7.28. The van der Waals surface area contributed by atoms with Crippen LogP contribution < -0.4 is 4.74 Å². The molecule has 0 aliphatic heterocycles. The van der Waals surface area contributed by atoms with Crippen LogP contribution in [0.5, 0.6) is 5.75 Å². The predicted molar refractivity (Wildman–Crippen MR) is 57.1 cm³/mol. The Morgan fingerprint density at radius 1 is 1.33 bits per heavy atom. The van der Waals surface area contributed by atoms with Crippen LogP contribution in [-0.2, 0) is 6.54 Å². The first-order valence-electron chi connectivity index (χ1n) is 4.46. The molecule has 0 spiro atoms. The summed E-state index contributed by atoms with van der Waals surface area (Å²) >= 11 is 5.66. The summed E-state index contributed by atoms with van der Waals surface area (Å²) in [5, 5.41) is 7.96. The van der Waals surface area contributed by atoms with Gasteiger partial charge in [-0.3, -0.25) is 0 Å². The predicted octanol–water partition coefficient (Wildman–Crippen LogP) is 1.99. The average molecular weight is 224 g/mol. The lowest BCUT2D eigenvalue weighted by Crippen LogP contribution is -2.00. The topological polar surface area (TPSA) is 39.9 Å². The SMILES string of the molecule is COc1ccc(Cn2cc(Cl)nn2)cc1. The number of halogens is 1. The first kappa shape index (κ1) is 9.98. The van der Waals surface area contributed by atoms with Gasteiger partial charge in [-0.05, 0) is 17.7 Å². The van der Waals surface area contributed by atoms with E-state index in [0.717, 1.165) is 11.3 Å². The highest BCUT2D eigenvalue weighted by atomic mass is 35.5. The average Bonchev–Trinajstić information content (AvgIpc) is 2.65. The van der Waals surface area contributed by atoms with Crippen molar-refractivity contribution in [2.45, 2.75) is 6.54 Å². The highest BCUT2D eigenvalue weighted by Crippen LogP contribution is 2.12. The van der Waals surface area contributed by atoms with Gasteiger partial charge in [-0.25, -0.2) is 4.68 Å². The summed E-state index contributed by atoms with van der Waals surface area (Å²) in [7, 11) is 1.65. The number of nitrogens with zero attached hydrogens (tertiary/aromatic N) is 3. The number of benzene rings is 1. The Balaban J connectivity index is 2.11. The summed E-state index contributed by atoms with van der Waals surface area (Å²) in [5.41, 5.74) is 1.12. The van der Waals surface area contributed by atoms with Crippen LogP contribution in [0, 0.1) is 0 Å². The van der Waals surface area contributed by atoms with Crippen LogP contribution in [-0.4, -0.2) is 22.1 Å². The molecule has 0 bridgehead atoms. The monoisotopic (exact) mass is 223 g/mol. The summed E-state index contributed by atoms with van der Waals surface area (Å²) in [6.07, 6.45) is 1.69. The van der Waals surface area contributed by atoms with Gasteiger partial charge in [0.15, 0.2) is 5.15 Å². The van der Waals surface area contributed by atoms with Crippen LogP contribution >= 0.6 is 11.6 Å². The molecule has 4 nitrogen and oxygen atoms in total. The van der Waals surface area contributed by atoms with Crippen LogP contribution in [0.15, 0.2) is 30.5 Å². The van der Waals surface area contributed by atoms with Crippen molar-refractivity contribution in [3.05, 3.63) is 41.2 Å². The molecule has 15 heavy (non-hydrogen) atoms. The zero-order valence-corrected chi connectivity index (χ0v) is 8.98. The van der Waals surface area contributed by atoms with Gasteiger partial charge in [-0.2, -0.15) is 0 Å². The maximum Gasteiger partial charge on any atom is 0.171 e. The van der Waals surface area contributed by atoms with Crippen molar-refractivity contribution in [1.29, 1.82) is 0 Å². The highest BCUT2D eigenvalue weighted by molar-refractivity contribution is 6.29. The van der Waals surface area contributed by atoms with Crippen LogP contribution in [0.3, 0.4) is 0 Å².